The van der Waals surface area contributed by atoms with Gasteiger partial charge in [0.15, 0.2) is 0 Å². The van der Waals surface area contributed by atoms with Crippen molar-refractivity contribution >= 4 is 17.3 Å². The van der Waals surface area contributed by atoms with Crippen molar-refractivity contribution in [2.45, 2.75) is 6.92 Å². The quantitative estimate of drug-likeness (QED) is 0.632. The molecule has 23 heavy (non-hydrogen) atoms. The fourth-order valence-corrected chi connectivity index (χ4v) is 2.84. The van der Waals surface area contributed by atoms with Gasteiger partial charge in [-0.2, -0.15) is 0 Å². The Morgan fingerprint density at radius 1 is 0.957 bits per heavy atom. The summed E-state index contributed by atoms with van der Waals surface area (Å²) in [6.07, 6.45) is 0. The molecule has 0 radical (unpaired) electrons. The smallest absolute Gasteiger partial charge is 0.141 e. The van der Waals surface area contributed by atoms with E-state index in [1.165, 1.54) is 6.07 Å². The fourth-order valence-electron chi connectivity index (χ4n) is 2.66. The van der Waals surface area contributed by atoms with Crippen molar-refractivity contribution in [2.75, 3.05) is 19.0 Å². The third-order valence-electron chi connectivity index (χ3n) is 3.92. The summed E-state index contributed by atoms with van der Waals surface area (Å²) < 4.78 is 15.6. The number of hydrogen-bond donors (Lipinski definition) is 0. The van der Waals surface area contributed by atoms with Crippen molar-refractivity contribution in [3.63, 3.8) is 0 Å². The first-order valence-electron chi connectivity index (χ1n) is 7.39. The van der Waals surface area contributed by atoms with E-state index in [0.29, 0.717) is 0 Å². The molecule has 3 aromatic rings. The van der Waals surface area contributed by atoms with Crippen LogP contribution in [0.4, 0.5) is 10.1 Å². The van der Waals surface area contributed by atoms with Gasteiger partial charge in [-0.25, -0.2) is 4.39 Å². The topological polar surface area (TPSA) is 8.17 Å². The second-order valence-electron chi connectivity index (χ2n) is 5.74. The number of hydrogen-bond acceptors (Lipinski definition) is 1. The summed E-state index contributed by atoms with van der Waals surface area (Å²) in [4.78, 5) is 2.06. The lowest BCUT2D eigenvalue weighted by Crippen LogP contribution is -2.08. The van der Waals surface area contributed by atoms with Gasteiger partial charge < -0.3 is 9.47 Å². The first-order chi connectivity index (χ1) is 11.0. The van der Waals surface area contributed by atoms with E-state index in [0.717, 1.165) is 28.3 Å². The van der Waals surface area contributed by atoms with Gasteiger partial charge in [0.1, 0.15) is 5.82 Å². The summed E-state index contributed by atoms with van der Waals surface area (Å²) in [5, 5.41) is 0.135. The zero-order valence-corrected chi connectivity index (χ0v) is 14.1. The van der Waals surface area contributed by atoms with Crippen molar-refractivity contribution in [1.29, 1.82) is 0 Å². The number of aryl methyl sites for hydroxylation is 1. The van der Waals surface area contributed by atoms with E-state index in [4.69, 9.17) is 11.6 Å². The molecule has 0 N–H and O–H groups in total. The van der Waals surface area contributed by atoms with Crippen LogP contribution in [0.2, 0.25) is 5.02 Å². The van der Waals surface area contributed by atoms with E-state index in [-0.39, 0.29) is 5.02 Å². The van der Waals surface area contributed by atoms with Crippen LogP contribution in [0, 0.1) is 12.7 Å². The molecule has 0 aliphatic heterocycles. The zero-order valence-electron chi connectivity index (χ0n) is 13.3. The van der Waals surface area contributed by atoms with Crippen molar-refractivity contribution < 1.29 is 4.39 Å². The van der Waals surface area contributed by atoms with E-state index < -0.39 is 5.82 Å². The average Bonchev–Trinajstić information content (AvgIpc) is 2.92. The van der Waals surface area contributed by atoms with E-state index in [1.807, 2.05) is 26.2 Å². The third-order valence-corrected chi connectivity index (χ3v) is 4.21. The molecule has 0 aliphatic carbocycles. The van der Waals surface area contributed by atoms with Gasteiger partial charge in [0, 0.05) is 36.7 Å². The van der Waals surface area contributed by atoms with E-state index >= 15 is 0 Å². The van der Waals surface area contributed by atoms with Crippen molar-refractivity contribution in [3.8, 4) is 16.9 Å². The maximum Gasteiger partial charge on any atom is 0.141 e. The molecule has 2 aromatic carbocycles. The molecule has 3 rings (SSSR count). The largest absolute Gasteiger partial charge is 0.378 e. The average molecular weight is 329 g/mol. The van der Waals surface area contributed by atoms with E-state index in [2.05, 4.69) is 40.7 Å². The maximum absolute atomic E-state index is 13.4. The number of halogens is 2. The molecule has 0 amide bonds. The van der Waals surface area contributed by atoms with Crippen LogP contribution in [0.5, 0.6) is 0 Å². The normalized spacial score (nSPS) is 10.8. The Morgan fingerprint density at radius 3 is 2.26 bits per heavy atom. The van der Waals surface area contributed by atoms with Crippen LogP contribution in [0.1, 0.15) is 5.69 Å². The van der Waals surface area contributed by atoms with Gasteiger partial charge in [0.25, 0.3) is 0 Å². The summed E-state index contributed by atoms with van der Waals surface area (Å²) in [5.41, 5.74) is 5.19. The van der Waals surface area contributed by atoms with E-state index in [1.54, 1.807) is 12.1 Å². The number of aromatic nitrogens is 1. The fraction of sp³-hybridized carbons (Fsp3) is 0.158. The maximum atomic E-state index is 13.4. The van der Waals surface area contributed by atoms with Crippen LogP contribution in [0.15, 0.2) is 54.6 Å². The molecule has 1 aromatic heterocycles. The Bertz CT molecular complexity index is 835. The minimum absolute atomic E-state index is 0.135. The standard InChI is InChI=1S/C19H18ClFN2/c1-13-4-11-19(14-5-10-18(21)17(20)12-14)23(13)16-8-6-15(7-9-16)22(2)3/h4-12H,1-3H3. The van der Waals surface area contributed by atoms with Crippen molar-refractivity contribution in [2.24, 2.45) is 0 Å². The molecule has 1 heterocycles. The SMILES string of the molecule is Cc1ccc(-c2ccc(F)c(Cl)c2)n1-c1ccc(N(C)C)cc1. The predicted molar refractivity (Wildman–Crippen MR) is 95.2 cm³/mol. The van der Waals surface area contributed by atoms with Crippen LogP contribution < -0.4 is 4.90 Å². The molecule has 118 valence electrons. The molecule has 0 aliphatic rings. The Balaban J connectivity index is 2.09. The molecule has 4 heteroatoms. The van der Waals surface area contributed by atoms with Crippen LogP contribution in [0.3, 0.4) is 0 Å². The van der Waals surface area contributed by atoms with E-state index in [9.17, 15) is 4.39 Å². The Labute approximate surface area is 140 Å². The zero-order chi connectivity index (χ0) is 16.6. The van der Waals surface area contributed by atoms with Crippen LogP contribution in [0.25, 0.3) is 16.9 Å². The molecule has 0 fully saturated rings. The van der Waals surface area contributed by atoms with Gasteiger partial charge in [-0.15, -0.1) is 0 Å². The van der Waals surface area contributed by atoms with Crippen molar-refractivity contribution in [1.82, 2.24) is 4.57 Å². The molecule has 0 bridgehead atoms. The number of nitrogens with zero attached hydrogens (tertiary/aromatic N) is 2. The van der Waals surface area contributed by atoms with Gasteiger partial charge in [-0.3, -0.25) is 0 Å². The van der Waals surface area contributed by atoms with Gasteiger partial charge in [0.2, 0.25) is 0 Å². The summed E-state index contributed by atoms with van der Waals surface area (Å²) in [7, 11) is 4.03. The first-order valence-corrected chi connectivity index (χ1v) is 7.76. The Kier molecular flexibility index (Phi) is 4.14. The highest BCUT2D eigenvalue weighted by molar-refractivity contribution is 6.31. The van der Waals surface area contributed by atoms with Crippen molar-refractivity contribution in [3.05, 3.63) is 71.1 Å². The Morgan fingerprint density at radius 2 is 1.65 bits per heavy atom. The van der Waals surface area contributed by atoms with Gasteiger partial charge in [0.05, 0.1) is 10.7 Å². The monoisotopic (exact) mass is 328 g/mol. The Hall–Kier alpha value is -2.26. The summed E-state index contributed by atoms with van der Waals surface area (Å²) in [6.45, 7) is 2.05. The van der Waals surface area contributed by atoms with Gasteiger partial charge in [-0.05, 0) is 61.5 Å². The lowest BCUT2D eigenvalue weighted by molar-refractivity contribution is 0.628. The van der Waals surface area contributed by atoms with Crippen LogP contribution in [-0.2, 0) is 0 Å². The third kappa shape index (κ3) is 2.97. The number of rotatable bonds is 3. The molecule has 0 atom stereocenters. The lowest BCUT2D eigenvalue weighted by atomic mass is 10.1. The summed E-state index contributed by atoms with van der Waals surface area (Å²) >= 11 is 5.93. The molecular formula is C19H18ClFN2. The van der Waals surface area contributed by atoms with Crippen LogP contribution >= 0.6 is 11.6 Å². The number of anilines is 1. The first kappa shape index (κ1) is 15.6. The molecular weight excluding hydrogens is 311 g/mol. The summed E-state index contributed by atoms with van der Waals surface area (Å²) in [6, 6.07) is 17.2. The molecule has 0 spiro atoms. The highest BCUT2D eigenvalue weighted by atomic mass is 35.5. The molecule has 0 unspecified atom stereocenters. The molecule has 2 nitrogen and oxygen atoms in total. The molecule has 0 saturated carbocycles. The molecule has 0 saturated heterocycles. The highest BCUT2D eigenvalue weighted by Gasteiger charge is 2.11. The highest BCUT2D eigenvalue weighted by Crippen LogP contribution is 2.30. The van der Waals surface area contributed by atoms with Gasteiger partial charge >= 0.3 is 0 Å². The van der Waals surface area contributed by atoms with Gasteiger partial charge in [-0.1, -0.05) is 11.6 Å². The minimum atomic E-state index is -0.402. The van der Waals surface area contributed by atoms with Crippen LogP contribution in [-0.4, -0.2) is 18.7 Å². The minimum Gasteiger partial charge on any atom is -0.378 e. The summed E-state index contributed by atoms with van der Waals surface area (Å²) in [5.74, 6) is -0.402. The predicted octanol–water partition coefficient (Wildman–Crippen LogP) is 5.31. The second kappa shape index (κ2) is 6.09. The lowest BCUT2D eigenvalue weighted by Gasteiger charge is -2.16. The number of benzene rings is 2. The second-order valence-corrected chi connectivity index (χ2v) is 6.14.